The van der Waals surface area contributed by atoms with E-state index in [2.05, 4.69) is 30.9 Å². The standard InChI is InChI=1S/C19H23N7O2/c1-28-12-18(27)21-13-6-8-14(9-7-13)22-19-20-11-10-17(23-19)26-16-5-3-2-4-15(16)24-25-26/h2-5,10-11,13-14H,6-9,12H2,1H3,(H,21,27)(H,20,22,23). The number of amides is 1. The Hall–Kier alpha value is -3.07. The van der Waals surface area contributed by atoms with Crippen molar-refractivity contribution in [1.29, 1.82) is 0 Å². The van der Waals surface area contributed by atoms with E-state index in [0.717, 1.165) is 36.7 Å². The summed E-state index contributed by atoms with van der Waals surface area (Å²) in [7, 11) is 1.52. The van der Waals surface area contributed by atoms with Gasteiger partial charge in [-0.1, -0.05) is 17.3 Å². The van der Waals surface area contributed by atoms with Crippen LogP contribution in [0.25, 0.3) is 16.9 Å². The van der Waals surface area contributed by atoms with Crippen LogP contribution < -0.4 is 10.6 Å². The quantitative estimate of drug-likeness (QED) is 0.669. The summed E-state index contributed by atoms with van der Waals surface area (Å²) in [5.74, 6) is 1.19. The second-order valence-corrected chi connectivity index (χ2v) is 6.92. The van der Waals surface area contributed by atoms with Crippen LogP contribution in [-0.2, 0) is 9.53 Å². The fourth-order valence-corrected chi connectivity index (χ4v) is 3.54. The minimum absolute atomic E-state index is 0.0602. The number of nitrogens with zero attached hydrogens (tertiary/aromatic N) is 5. The van der Waals surface area contributed by atoms with Crippen molar-refractivity contribution < 1.29 is 9.53 Å². The third-order valence-electron chi connectivity index (χ3n) is 4.91. The van der Waals surface area contributed by atoms with Crippen LogP contribution in [0.2, 0.25) is 0 Å². The van der Waals surface area contributed by atoms with E-state index in [1.54, 1.807) is 10.9 Å². The number of rotatable bonds is 6. The van der Waals surface area contributed by atoms with Gasteiger partial charge >= 0.3 is 0 Å². The van der Waals surface area contributed by atoms with E-state index >= 15 is 0 Å². The third-order valence-corrected chi connectivity index (χ3v) is 4.91. The van der Waals surface area contributed by atoms with E-state index in [1.807, 2.05) is 30.3 Å². The van der Waals surface area contributed by atoms with Crippen LogP contribution >= 0.6 is 0 Å². The van der Waals surface area contributed by atoms with Crippen molar-refractivity contribution in [2.24, 2.45) is 0 Å². The summed E-state index contributed by atoms with van der Waals surface area (Å²) in [6, 6.07) is 10.1. The van der Waals surface area contributed by atoms with Gasteiger partial charge in [0.15, 0.2) is 5.82 Å². The van der Waals surface area contributed by atoms with Gasteiger partial charge < -0.3 is 15.4 Å². The zero-order chi connectivity index (χ0) is 19.3. The first-order valence-electron chi connectivity index (χ1n) is 9.41. The Labute approximate surface area is 162 Å². The van der Waals surface area contributed by atoms with Crippen LogP contribution in [-0.4, -0.2) is 56.7 Å². The van der Waals surface area contributed by atoms with E-state index in [1.165, 1.54) is 7.11 Å². The summed E-state index contributed by atoms with van der Waals surface area (Å²) in [6.07, 6.45) is 5.44. The van der Waals surface area contributed by atoms with Crippen molar-refractivity contribution in [3.63, 3.8) is 0 Å². The molecule has 1 aliphatic carbocycles. The van der Waals surface area contributed by atoms with E-state index in [9.17, 15) is 4.79 Å². The Morgan fingerprint density at radius 3 is 2.79 bits per heavy atom. The fourth-order valence-electron chi connectivity index (χ4n) is 3.54. The molecule has 0 aliphatic heterocycles. The van der Waals surface area contributed by atoms with Crippen LogP contribution in [0, 0.1) is 0 Å². The normalized spacial score (nSPS) is 19.5. The Morgan fingerprint density at radius 2 is 1.96 bits per heavy atom. The predicted molar refractivity (Wildman–Crippen MR) is 104 cm³/mol. The number of carbonyl (C=O) groups is 1. The van der Waals surface area contributed by atoms with Gasteiger partial charge in [0.2, 0.25) is 11.9 Å². The van der Waals surface area contributed by atoms with Gasteiger partial charge in [-0.25, -0.2) is 4.98 Å². The number of aromatic nitrogens is 5. The molecule has 1 aromatic carbocycles. The summed E-state index contributed by atoms with van der Waals surface area (Å²) in [5, 5.41) is 14.8. The average molecular weight is 381 g/mol. The largest absolute Gasteiger partial charge is 0.375 e. The number of ether oxygens (including phenoxy) is 1. The Bertz CT molecular complexity index is 950. The number of fused-ring (bicyclic) bond motifs is 1. The number of hydrogen-bond donors (Lipinski definition) is 2. The molecule has 9 nitrogen and oxygen atoms in total. The van der Waals surface area contributed by atoms with Crippen LogP contribution in [0.4, 0.5) is 5.95 Å². The van der Waals surface area contributed by atoms with Gasteiger partial charge in [0, 0.05) is 31.5 Å². The van der Waals surface area contributed by atoms with Crippen molar-refractivity contribution in [1.82, 2.24) is 30.3 Å². The van der Waals surface area contributed by atoms with E-state index in [-0.39, 0.29) is 24.6 Å². The first-order valence-corrected chi connectivity index (χ1v) is 9.41. The van der Waals surface area contributed by atoms with Crippen molar-refractivity contribution in [3.8, 4) is 5.82 Å². The van der Waals surface area contributed by atoms with Gasteiger partial charge in [-0.2, -0.15) is 9.67 Å². The highest BCUT2D eigenvalue weighted by Gasteiger charge is 2.23. The maximum absolute atomic E-state index is 11.6. The summed E-state index contributed by atoms with van der Waals surface area (Å²) in [4.78, 5) is 20.6. The number of para-hydroxylation sites is 1. The minimum Gasteiger partial charge on any atom is -0.375 e. The number of carbonyl (C=O) groups excluding carboxylic acids is 1. The van der Waals surface area contributed by atoms with Crippen molar-refractivity contribution in [2.75, 3.05) is 19.0 Å². The molecule has 4 rings (SSSR count). The topological polar surface area (TPSA) is 107 Å². The van der Waals surface area contributed by atoms with Gasteiger partial charge in [-0.15, -0.1) is 5.10 Å². The number of anilines is 1. The zero-order valence-electron chi connectivity index (χ0n) is 15.7. The zero-order valence-corrected chi connectivity index (χ0v) is 15.7. The molecular weight excluding hydrogens is 358 g/mol. The highest BCUT2D eigenvalue weighted by Crippen LogP contribution is 2.22. The van der Waals surface area contributed by atoms with Gasteiger partial charge in [0.25, 0.3) is 0 Å². The molecule has 9 heteroatoms. The number of methoxy groups -OCH3 is 1. The second kappa shape index (κ2) is 8.30. The molecule has 2 aromatic heterocycles. The Morgan fingerprint density at radius 1 is 1.18 bits per heavy atom. The molecule has 1 amide bonds. The first-order chi connectivity index (χ1) is 13.7. The minimum atomic E-state index is -0.0602. The van der Waals surface area contributed by atoms with Crippen molar-refractivity contribution >= 4 is 22.9 Å². The summed E-state index contributed by atoms with van der Waals surface area (Å²) < 4.78 is 6.57. The fraction of sp³-hybridized carbons (Fsp3) is 0.421. The smallest absolute Gasteiger partial charge is 0.246 e. The number of benzene rings is 1. The molecule has 0 unspecified atom stereocenters. The molecule has 0 atom stereocenters. The van der Waals surface area contributed by atoms with Gasteiger partial charge in [0.1, 0.15) is 12.1 Å². The lowest BCUT2D eigenvalue weighted by Crippen LogP contribution is -2.41. The van der Waals surface area contributed by atoms with Crippen molar-refractivity contribution in [3.05, 3.63) is 36.5 Å². The molecule has 1 fully saturated rings. The lowest BCUT2D eigenvalue weighted by Gasteiger charge is -2.29. The molecule has 1 saturated carbocycles. The number of hydrogen-bond acceptors (Lipinski definition) is 7. The Balaban J connectivity index is 1.39. The third kappa shape index (κ3) is 4.09. The van der Waals surface area contributed by atoms with E-state index < -0.39 is 0 Å². The SMILES string of the molecule is COCC(=O)NC1CCC(Nc2nccc(-n3nnc4ccccc43)n2)CC1. The van der Waals surface area contributed by atoms with Crippen LogP contribution in [0.3, 0.4) is 0 Å². The molecule has 1 aliphatic rings. The second-order valence-electron chi connectivity index (χ2n) is 6.92. The molecule has 0 spiro atoms. The van der Waals surface area contributed by atoms with E-state index in [4.69, 9.17) is 4.74 Å². The molecule has 0 saturated heterocycles. The number of nitrogens with one attached hydrogen (secondary N) is 2. The molecule has 28 heavy (non-hydrogen) atoms. The summed E-state index contributed by atoms with van der Waals surface area (Å²) >= 11 is 0. The van der Waals surface area contributed by atoms with Gasteiger partial charge in [-0.3, -0.25) is 4.79 Å². The van der Waals surface area contributed by atoms with Crippen LogP contribution in [0.5, 0.6) is 0 Å². The van der Waals surface area contributed by atoms with Crippen LogP contribution in [0.1, 0.15) is 25.7 Å². The summed E-state index contributed by atoms with van der Waals surface area (Å²) in [5.41, 5.74) is 1.73. The van der Waals surface area contributed by atoms with Crippen molar-refractivity contribution in [2.45, 2.75) is 37.8 Å². The van der Waals surface area contributed by atoms with Gasteiger partial charge in [0.05, 0.1) is 5.52 Å². The average Bonchev–Trinajstić information content (AvgIpc) is 3.14. The highest BCUT2D eigenvalue weighted by atomic mass is 16.5. The molecule has 0 bridgehead atoms. The summed E-state index contributed by atoms with van der Waals surface area (Å²) in [6.45, 7) is 0.107. The Kier molecular flexibility index (Phi) is 5.43. The van der Waals surface area contributed by atoms with E-state index in [0.29, 0.717) is 11.8 Å². The predicted octanol–water partition coefficient (Wildman–Crippen LogP) is 1.70. The molecule has 2 N–H and O–H groups in total. The van der Waals surface area contributed by atoms with Gasteiger partial charge in [-0.05, 0) is 37.8 Å². The maximum atomic E-state index is 11.6. The monoisotopic (exact) mass is 381 g/mol. The molecular formula is C19H23N7O2. The maximum Gasteiger partial charge on any atom is 0.246 e. The molecule has 2 heterocycles. The van der Waals surface area contributed by atoms with Crippen LogP contribution in [0.15, 0.2) is 36.5 Å². The lowest BCUT2D eigenvalue weighted by atomic mass is 9.91. The lowest BCUT2D eigenvalue weighted by molar-refractivity contribution is -0.125. The first kappa shape index (κ1) is 18.3. The molecule has 0 radical (unpaired) electrons. The molecule has 146 valence electrons. The highest BCUT2D eigenvalue weighted by molar-refractivity contribution is 5.77. The molecule has 3 aromatic rings.